The molecule has 0 amide bonds. The summed E-state index contributed by atoms with van der Waals surface area (Å²) in [6.07, 6.45) is 0.862. The highest BCUT2D eigenvalue weighted by Gasteiger charge is 2.10. The lowest BCUT2D eigenvalue weighted by atomic mass is 10.1. The van der Waals surface area contributed by atoms with Gasteiger partial charge in [0.15, 0.2) is 0 Å². The molecule has 6 heteroatoms. The van der Waals surface area contributed by atoms with E-state index in [1.54, 1.807) is 7.05 Å². The van der Waals surface area contributed by atoms with Crippen molar-refractivity contribution in [2.24, 2.45) is 12.0 Å². The lowest BCUT2D eigenvalue weighted by molar-refractivity contribution is 0.668. The molecule has 0 aliphatic carbocycles. The Hall–Kier alpha value is -2.47. The molecular formula is C15H18N4O2. The van der Waals surface area contributed by atoms with Crippen LogP contribution in [-0.4, -0.2) is 22.8 Å². The maximum absolute atomic E-state index is 11.8. The van der Waals surface area contributed by atoms with Crippen molar-refractivity contribution in [3.8, 4) is 0 Å². The highest BCUT2D eigenvalue weighted by atomic mass is 16.2. The van der Waals surface area contributed by atoms with Crippen LogP contribution in [0.4, 0.5) is 5.82 Å². The van der Waals surface area contributed by atoms with Gasteiger partial charge in [0.1, 0.15) is 5.82 Å². The first-order valence-electron chi connectivity index (χ1n) is 6.67. The van der Waals surface area contributed by atoms with Crippen LogP contribution in [0.3, 0.4) is 0 Å². The Balaban J connectivity index is 2.04. The zero-order chi connectivity index (χ0) is 15.2. The zero-order valence-corrected chi connectivity index (χ0v) is 11.9. The van der Waals surface area contributed by atoms with Crippen molar-refractivity contribution < 1.29 is 0 Å². The summed E-state index contributed by atoms with van der Waals surface area (Å²) in [6.45, 7) is 4.48. The van der Waals surface area contributed by atoms with Crippen LogP contribution in [0.2, 0.25) is 0 Å². The molecule has 0 radical (unpaired) electrons. The molecule has 0 fully saturated rings. The van der Waals surface area contributed by atoms with Crippen LogP contribution in [0.5, 0.6) is 0 Å². The SMILES string of the molecule is C=Nc1c(CNCCc2ccccc2)c(=O)[nH]c(=O)n1C. The molecule has 110 valence electrons. The number of nitrogens with zero attached hydrogens (tertiary/aromatic N) is 2. The first-order chi connectivity index (χ1) is 10.1. The highest BCUT2D eigenvalue weighted by Crippen LogP contribution is 2.10. The standard InChI is InChI=1S/C15H18N4O2/c1-16-13-12(14(20)18-15(21)19(13)2)10-17-9-8-11-6-4-3-5-7-11/h3-7,17H,1,8-10H2,2H3,(H,18,20,21). The molecular weight excluding hydrogens is 268 g/mol. The highest BCUT2D eigenvalue weighted by molar-refractivity contribution is 5.45. The largest absolute Gasteiger partial charge is 0.329 e. The molecule has 1 aromatic carbocycles. The summed E-state index contributed by atoms with van der Waals surface area (Å²) in [5, 5.41) is 3.19. The van der Waals surface area contributed by atoms with Crippen molar-refractivity contribution >= 4 is 12.5 Å². The summed E-state index contributed by atoms with van der Waals surface area (Å²) in [7, 11) is 1.55. The van der Waals surface area contributed by atoms with Gasteiger partial charge in [-0.3, -0.25) is 14.3 Å². The molecule has 2 N–H and O–H groups in total. The van der Waals surface area contributed by atoms with Gasteiger partial charge < -0.3 is 5.32 Å². The summed E-state index contributed by atoms with van der Waals surface area (Å²) in [6, 6.07) is 10.1. The van der Waals surface area contributed by atoms with Crippen LogP contribution in [0.15, 0.2) is 44.9 Å². The van der Waals surface area contributed by atoms with E-state index >= 15 is 0 Å². The van der Waals surface area contributed by atoms with E-state index in [1.165, 1.54) is 10.1 Å². The van der Waals surface area contributed by atoms with Crippen LogP contribution in [0.25, 0.3) is 0 Å². The number of nitrogens with one attached hydrogen (secondary N) is 2. The summed E-state index contributed by atoms with van der Waals surface area (Å²) < 4.78 is 1.28. The van der Waals surface area contributed by atoms with E-state index in [2.05, 4.69) is 34.1 Å². The van der Waals surface area contributed by atoms with Gasteiger partial charge in [0.05, 0.1) is 5.56 Å². The van der Waals surface area contributed by atoms with Gasteiger partial charge in [0, 0.05) is 13.6 Å². The monoisotopic (exact) mass is 286 g/mol. The summed E-state index contributed by atoms with van der Waals surface area (Å²) in [4.78, 5) is 29.4. The summed E-state index contributed by atoms with van der Waals surface area (Å²) >= 11 is 0. The van der Waals surface area contributed by atoms with Crippen LogP contribution >= 0.6 is 0 Å². The Kier molecular flexibility index (Phi) is 4.84. The maximum atomic E-state index is 11.8. The zero-order valence-electron chi connectivity index (χ0n) is 11.9. The minimum Gasteiger partial charge on any atom is -0.312 e. The second-order valence-corrected chi connectivity index (χ2v) is 4.69. The van der Waals surface area contributed by atoms with E-state index in [-0.39, 0.29) is 0 Å². The third-order valence-corrected chi connectivity index (χ3v) is 3.27. The third-order valence-electron chi connectivity index (χ3n) is 3.27. The molecule has 0 aliphatic heterocycles. The molecule has 2 aromatic rings. The van der Waals surface area contributed by atoms with Gasteiger partial charge in [-0.2, -0.15) is 0 Å². The topological polar surface area (TPSA) is 79.2 Å². The molecule has 0 bridgehead atoms. The minimum absolute atomic E-state index is 0.302. The number of aromatic nitrogens is 2. The van der Waals surface area contributed by atoms with E-state index in [0.29, 0.717) is 17.9 Å². The molecule has 2 rings (SSSR count). The number of rotatable bonds is 6. The van der Waals surface area contributed by atoms with Gasteiger partial charge in [-0.15, -0.1) is 0 Å². The van der Waals surface area contributed by atoms with Crippen molar-refractivity contribution in [2.75, 3.05) is 6.54 Å². The van der Waals surface area contributed by atoms with Gasteiger partial charge in [0.2, 0.25) is 0 Å². The fraction of sp³-hybridized carbons (Fsp3) is 0.267. The normalized spacial score (nSPS) is 10.5. The Morgan fingerprint density at radius 1 is 1.29 bits per heavy atom. The average Bonchev–Trinajstić information content (AvgIpc) is 2.49. The number of benzene rings is 1. The van der Waals surface area contributed by atoms with Gasteiger partial charge >= 0.3 is 5.69 Å². The van der Waals surface area contributed by atoms with Gasteiger partial charge in [-0.1, -0.05) is 30.3 Å². The molecule has 0 unspecified atom stereocenters. The van der Waals surface area contributed by atoms with Crippen molar-refractivity contribution in [1.82, 2.24) is 14.9 Å². The predicted molar refractivity (Wildman–Crippen MR) is 83.4 cm³/mol. The second kappa shape index (κ2) is 6.81. The molecule has 0 saturated carbocycles. The second-order valence-electron chi connectivity index (χ2n) is 4.69. The summed E-state index contributed by atoms with van der Waals surface area (Å²) in [5.41, 5.74) is 0.727. The Morgan fingerprint density at radius 2 is 2.00 bits per heavy atom. The fourth-order valence-electron chi connectivity index (χ4n) is 2.11. The number of aromatic amines is 1. The van der Waals surface area contributed by atoms with Crippen LogP contribution in [0, 0.1) is 0 Å². The first kappa shape index (κ1) is 14.9. The number of hydrogen-bond acceptors (Lipinski definition) is 4. The van der Waals surface area contributed by atoms with Gasteiger partial charge in [-0.05, 0) is 25.2 Å². The Morgan fingerprint density at radius 3 is 2.67 bits per heavy atom. The minimum atomic E-state index is -0.490. The number of aliphatic imine (C=N–C) groups is 1. The molecule has 6 nitrogen and oxygen atoms in total. The Labute approximate surface area is 122 Å². The molecule has 1 heterocycles. The van der Waals surface area contributed by atoms with Gasteiger partial charge in [0.25, 0.3) is 5.56 Å². The molecule has 0 spiro atoms. The van der Waals surface area contributed by atoms with Crippen molar-refractivity contribution in [3.63, 3.8) is 0 Å². The van der Waals surface area contributed by atoms with E-state index in [4.69, 9.17) is 0 Å². The molecule has 1 aromatic heterocycles. The average molecular weight is 286 g/mol. The van der Waals surface area contributed by atoms with E-state index < -0.39 is 11.2 Å². The Bertz CT molecular complexity index is 732. The lowest BCUT2D eigenvalue weighted by Gasteiger charge is -2.09. The predicted octanol–water partition coefficient (Wildman–Crippen LogP) is 0.738. The quantitative estimate of drug-likeness (QED) is 0.607. The summed E-state index contributed by atoms with van der Waals surface area (Å²) in [5.74, 6) is 0.302. The van der Waals surface area contributed by atoms with Crippen molar-refractivity contribution in [2.45, 2.75) is 13.0 Å². The fourth-order valence-corrected chi connectivity index (χ4v) is 2.11. The number of H-pyrrole nitrogens is 1. The number of hydrogen-bond donors (Lipinski definition) is 2. The third kappa shape index (κ3) is 3.55. The van der Waals surface area contributed by atoms with E-state index in [1.807, 2.05) is 18.2 Å². The van der Waals surface area contributed by atoms with Crippen LogP contribution in [-0.2, 0) is 20.0 Å². The molecule has 0 aliphatic rings. The van der Waals surface area contributed by atoms with Crippen molar-refractivity contribution in [3.05, 3.63) is 62.3 Å². The van der Waals surface area contributed by atoms with E-state index in [9.17, 15) is 9.59 Å². The lowest BCUT2D eigenvalue weighted by Crippen LogP contribution is -2.33. The first-order valence-corrected chi connectivity index (χ1v) is 6.67. The van der Waals surface area contributed by atoms with Gasteiger partial charge in [-0.25, -0.2) is 9.79 Å². The van der Waals surface area contributed by atoms with E-state index in [0.717, 1.165) is 13.0 Å². The van der Waals surface area contributed by atoms with Crippen LogP contribution in [0.1, 0.15) is 11.1 Å². The maximum Gasteiger partial charge on any atom is 0.329 e. The van der Waals surface area contributed by atoms with Crippen LogP contribution < -0.4 is 16.6 Å². The van der Waals surface area contributed by atoms with Crippen molar-refractivity contribution in [1.29, 1.82) is 0 Å². The molecule has 0 saturated heterocycles. The smallest absolute Gasteiger partial charge is 0.312 e. The molecule has 21 heavy (non-hydrogen) atoms. The molecule has 0 atom stereocenters.